The van der Waals surface area contributed by atoms with Gasteiger partial charge in [-0.05, 0) is 34.6 Å². The van der Waals surface area contributed by atoms with Crippen molar-refractivity contribution >= 4 is 23.9 Å². The van der Waals surface area contributed by atoms with Gasteiger partial charge in [-0.1, -0.05) is 0 Å². The van der Waals surface area contributed by atoms with Gasteiger partial charge in [0.05, 0.1) is 26.4 Å². The van der Waals surface area contributed by atoms with E-state index in [9.17, 15) is 19.2 Å². The standard InChI is InChI=1S/C8H14O4.C7H12O4/c1-4-11-7(9)6(3)8(10)12-5-2;1-3-10-6(8)5-7(9)11-4-2/h6H,4-5H2,1-3H3;3-5H2,1-2H3. The molecule has 8 nitrogen and oxygen atoms in total. The van der Waals surface area contributed by atoms with Crippen molar-refractivity contribution in [3.05, 3.63) is 0 Å². The van der Waals surface area contributed by atoms with Crippen LogP contribution in [0.4, 0.5) is 0 Å². The number of esters is 4. The SMILES string of the molecule is CCOC(=O)C(C)C(=O)OCC.CCOC(=O)CC(=O)OCC. The minimum atomic E-state index is -0.815. The topological polar surface area (TPSA) is 105 Å². The third-order valence-corrected chi connectivity index (χ3v) is 2.18. The van der Waals surface area contributed by atoms with Gasteiger partial charge in [-0.25, -0.2) is 0 Å². The molecule has 0 atom stereocenters. The second-order valence-electron chi connectivity index (χ2n) is 4.01. The van der Waals surface area contributed by atoms with Crippen LogP contribution >= 0.6 is 0 Å². The maximum Gasteiger partial charge on any atom is 0.320 e. The molecule has 23 heavy (non-hydrogen) atoms. The minimum absolute atomic E-state index is 0.280. The molecule has 0 aliphatic carbocycles. The van der Waals surface area contributed by atoms with Gasteiger partial charge in [0.1, 0.15) is 6.42 Å². The normalized spacial score (nSPS) is 9.30. The molecule has 0 aliphatic rings. The lowest BCUT2D eigenvalue weighted by Crippen LogP contribution is -2.25. The highest BCUT2D eigenvalue weighted by molar-refractivity contribution is 5.94. The van der Waals surface area contributed by atoms with Crippen LogP contribution in [0.25, 0.3) is 0 Å². The maximum atomic E-state index is 10.9. The van der Waals surface area contributed by atoms with E-state index in [-0.39, 0.29) is 32.8 Å². The molecule has 0 aliphatic heterocycles. The lowest BCUT2D eigenvalue weighted by Gasteiger charge is -2.08. The molecule has 0 aromatic rings. The maximum absolute atomic E-state index is 10.9. The van der Waals surface area contributed by atoms with Crippen molar-refractivity contribution in [3.63, 3.8) is 0 Å². The zero-order chi connectivity index (χ0) is 18.3. The highest BCUT2D eigenvalue weighted by Gasteiger charge is 2.23. The van der Waals surface area contributed by atoms with E-state index in [0.717, 1.165) is 0 Å². The summed E-state index contributed by atoms with van der Waals surface area (Å²) in [6.45, 7) is 9.36. The van der Waals surface area contributed by atoms with Crippen LogP contribution in [0.2, 0.25) is 0 Å². The van der Waals surface area contributed by atoms with Gasteiger partial charge in [0.2, 0.25) is 0 Å². The predicted molar refractivity (Wildman–Crippen MR) is 80.3 cm³/mol. The summed E-state index contributed by atoms with van der Waals surface area (Å²) in [5.74, 6) is -2.95. The highest BCUT2D eigenvalue weighted by atomic mass is 16.6. The van der Waals surface area contributed by atoms with Gasteiger partial charge < -0.3 is 18.9 Å². The van der Waals surface area contributed by atoms with Crippen LogP contribution in [0.15, 0.2) is 0 Å². The molecule has 0 amide bonds. The number of carbonyl (C=O) groups is 4. The van der Waals surface area contributed by atoms with E-state index in [0.29, 0.717) is 0 Å². The summed E-state index contributed by atoms with van der Waals surface area (Å²) in [7, 11) is 0. The number of hydrogen-bond acceptors (Lipinski definition) is 8. The number of hydrogen-bond donors (Lipinski definition) is 0. The molecule has 8 heteroatoms. The Kier molecular flexibility index (Phi) is 14.9. The molecule has 0 radical (unpaired) electrons. The predicted octanol–water partition coefficient (Wildman–Crippen LogP) is 1.25. The third kappa shape index (κ3) is 13.3. The van der Waals surface area contributed by atoms with Gasteiger partial charge in [-0.15, -0.1) is 0 Å². The van der Waals surface area contributed by atoms with Gasteiger partial charge in [0.15, 0.2) is 5.92 Å². The molecule has 0 fully saturated rings. The van der Waals surface area contributed by atoms with E-state index in [4.69, 9.17) is 0 Å². The largest absolute Gasteiger partial charge is 0.466 e. The van der Waals surface area contributed by atoms with Gasteiger partial charge in [-0.2, -0.15) is 0 Å². The first-order valence-corrected chi connectivity index (χ1v) is 7.48. The van der Waals surface area contributed by atoms with Crippen molar-refractivity contribution in [1.29, 1.82) is 0 Å². The van der Waals surface area contributed by atoms with Crippen molar-refractivity contribution in [2.45, 2.75) is 41.0 Å². The Balaban J connectivity index is 0. The molecule has 0 rings (SSSR count). The van der Waals surface area contributed by atoms with Gasteiger partial charge in [-0.3, -0.25) is 19.2 Å². The van der Waals surface area contributed by atoms with Crippen LogP contribution in [0.1, 0.15) is 41.0 Å². The third-order valence-electron chi connectivity index (χ3n) is 2.18. The molecular weight excluding hydrogens is 308 g/mol. The molecule has 0 bridgehead atoms. The molecule has 0 aromatic carbocycles. The summed E-state index contributed by atoms with van der Waals surface area (Å²) in [6, 6.07) is 0. The van der Waals surface area contributed by atoms with Crippen molar-refractivity contribution < 1.29 is 38.1 Å². The summed E-state index contributed by atoms with van der Waals surface area (Å²) in [5.41, 5.74) is 0. The van der Waals surface area contributed by atoms with Crippen molar-refractivity contribution in [2.75, 3.05) is 26.4 Å². The van der Waals surface area contributed by atoms with E-state index in [2.05, 4.69) is 18.9 Å². The Labute approximate surface area is 136 Å². The quantitative estimate of drug-likeness (QED) is 0.371. The second kappa shape index (κ2) is 14.8. The first kappa shape index (κ1) is 23.2. The van der Waals surface area contributed by atoms with Crippen LogP contribution in [0.5, 0.6) is 0 Å². The fraction of sp³-hybridized carbons (Fsp3) is 0.733. The highest BCUT2D eigenvalue weighted by Crippen LogP contribution is 2.01. The average Bonchev–Trinajstić information content (AvgIpc) is 2.48. The van der Waals surface area contributed by atoms with Gasteiger partial charge in [0, 0.05) is 0 Å². The van der Waals surface area contributed by atoms with Crippen LogP contribution in [-0.2, 0) is 38.1 Å². The van der Waals surface area contributed by atoms with E-state index >= 15 is 0 Å². The smallest absolute Gasteiger partial charge is 0.320 e. The molecule has 0 N–H and O–H groups in total. The van der Waals surface area contributed by atoms with Crippen molar-refractivity contribution in [2.24, 2.45) is 5.92 Å². The van der Waals surface area contributed by atoms with E-state index in [1.54, 1.807) is 27.7 Å². The molecule has 134 valence electrons. The summed E-state index contributed by atoms with van der Waals surface area (Å²) < 4.78 is 18.3. The van der Waals surface area contributed by atoms with Crippen molar-refractivity contribution in [1.82, 2.24) is 0 Å². The Morgan fingerprint density at radius 3 is 1.22 bits per heavy atom. The first-order chi connectivity index (χ1) is 10.8. The minimum Gasteiger partial charge on any atom is -0.466 e. The van der Waals surface area contributed by atoms with E-state index < -0.39 is 29.8 Å². The Hall–Kier alpha value is -2.12. The van der Waals surface area contributed by atoms with Crippen LogP contribution in [-0.4, -0.2) is 50.3 Å². The molecular formula is C15H26O8. The molecule has 0 heterocycles. The van der Waals surface area contributed by atoms with Gasteiger partial charge >= 0.3 is 23.9 Å². The summed E-state index contributed by atoms with van der Waals surface area (Å²) in [4.78, 5) is 43.1. The fourth-order valence-electron chi connectivity index (χ4n) is 1.17. The average molecular weight is 334 g/mol. The molecule has 0 unspecified atom stereocenters. The fourth-order valence-corrected chi connectivity index (χ4v) is 1.17. The molecule has 0 saturated carbocycles. The monoisotopic (exact) mass is 334 g/mol. The van der Waals surface area contributed by atoms with Crippen LogP contribution in [0, 0.1) is 5.92 Å². The Morgan fingerprint density at radius 1 is 0.652 bits per heavy atom. The van der Waals surface area contributed by atoms with Crippen LogP contribution in [0.3, 0.4) is 0 Å². The number of carbonyl (C=O) groups excluding carboxylic acids is 4. The lowest BCUT2D eigenvalue weighted by atomic mass is 10.2. The Bertz CT molecular complexity index is 344. The van der Waals surface area contributed by atoms with Crippen LogP contribution < -0.4 is 0 Å². The second-order valence-corrected chi connectivity index (χ2v) is 4.01. The van der Waals surface area contributed by atoms with Gasteiger partial charge in [0.25, 0.3) is 0 Å². The van der Waals surface area contributed by atoms with E-state index in [1.807, 2.05) is 0 Å². The zero-order valence-electron chi connectivity index (χ0n) is 14.4. The van der Waals surface area contributed by atoms with Crippen molar-refractivity contribution in [3.8, 4) is 0 Å². The summed E-state index contributed by atoms with van der Waals surface area (Å²) in [5, 5.41) is 0. The number of ether oxygens (including phenoxy) is 4. The van der Waals surface area contributed by atoms with E-state index in [1.165, 1.54) is 6.92 Å². The Morgan fingerprint density at radius 2 is 0.957 bits per heavy atom. The molecule has 0 spiro atoms. The lowest BCUT2D eigenvalue weighted by molar-refractivity contribution is -0.161. The summed E-state index contributed by atoms with van der Waals surface area (Å²) >= 11 is 0. The first-order valence-electron chi connectivity index (χ1n) is 7.48. The summed E-state index contributed by atoms with van der Waals surface area (Å²) in [6.07, 6.45) is -0.290. The zero-order valence-corrected chi connectivity index (χ0v) is 14.4. The molecule has 0 saturated heterocycles. The number of rotatable bonds is 8. The molecule has 0 aromatic heterocycles.